The minimum atomic E-state index is -2.10. The summed E-state index contributed by atoms with van der Waals surface area (Å²) in [4.78, 5) is 0. The Kier molecular flexibility index (Phi) is 8.81. The van der Waals surface area contributed by atoms with Gasteiger partial charge in [0.1, 0.15) is 0 Å². The predicted molar refractivity (Wildman–Crippen MR) is 130 cm³/mol. The van der Waals surface area contributed by atoms with Gasteiger partial charge in [0, 0.05) is 0 Å². The SMILES string of the molecule is [CH2]=[Zr+2]([CH]1C=C(CC(C)(C)C)c2ccccc21)[CH]1C=C(CC(C)(C)C)c2ccccc21.[Cl-].[Cl-]. The molecular weight excluding hydrogens is 510 g/mol. The van der Waals surface area contributed by atoms with Crippen molar-refractivity contribution in [3.63, 3.8) is 0 Å². The Morgan fingerprint density at radius 3 is 1.34 bits per heavy atom. The second-order valence-electron chi connectivity index (χ2n) is 11.6. The molecule has 2 aliphatic carbocycles. The molecule has 0 spiro atoms. The van der Waals surface area contributed by atoms with Crippen molar-refractivity contribution in [3.8, 4) is 0 Å². The van der Waals surface area contributed by atoms with E-state index in [4.69, 9.17) is 4.21 Å². The second-order valence-corrected chi connectivity index (χ2v) is 17.4. The summed E-state index contributed by atoms with van der Waals surface area (Å²) in [6.07, 6.45) is 7.53. The first-order valence-electron chi connectivity index (χ1n) is 11.3. The molecule has 2 aromatic rings. The molecule has 0 saturated carbocycles. The fourth-order valence-electron chi connectivity index (χ4n) is 5.14. The molecule has 0 radical (unpaired) electrons. The van der Waals surface area contributed by atoms with E-state index in [2.05, 4.69) is 102 Å². The summed E-state index contributed by atoms with van der Waals surface area (Å²) in [5.74, 6) is 0. The molecule has 0 saturated heterocycles. The van der Waals surface area contributed by atoms with Crippen LogP contribution in [-0.4, -0.2) is 4.21 Å². The van der Waals surface area contributed by atoms with E-state index in [1.54, 1.807) is 22.3 Å². The topological polar surface area (TPSA) is 0 Å². The summed E-state index contributed by atoms with van der Waals surface area (Å²) in [5, 5.41) is 0. The molecule has 2 atom stereocenters. The van der Waals surface area contributed by atoms with Crippen molar-refractivity contribution in [2.24, 2.45) is 10.8 Å². The molecule has 3 heteroatoms. The molecule has 0 aliphatic heterocycles. The predicted octanol–water partition coefficient (Wildman–Crippen LogP) is 2.19. The molecule has 2 unspecified atom stereocenters. The monoisotopic (exact) mass is 544 g/mol. The van der Waals surface area contributed by atoms with E-state index in [0.717, 1.165) is 12.8 Å². The largest absolute Gasteiger partial charge is 1.00 e. The third-order valence-electron chi connectivity index (χ3n) is 6.26. The minimum absolute atomic E-state index is 0. The van der Waals surface area contributed by atoms with Gasteiger partial charge in [0.15, 0.2) is 0 Å². The summed E-state index contributed by atoms with van der Waals surface area (Å²) in [6.45, 7) is 14.1. The Morgan fingerprint density at radius 2 is 1.00 bits per heavy atom. The van der Waals surface area contributed by atoms with Crippen molar-refractivity contribution < 1.29 is 46.1 Å². The Balaban J connectivity index is 0.00000181. The van der Waals surface area contributed by atoms with Gasteiger partial charge in [-0.2, -0.15) is 0 Å². The number of fused-ring (bicyclic) bond motifs is 2. The molecule has 170 valence electrons. The van der Waals surface area contributed by atoms with Crippen LogP contribution in [0.1, 0.15) is 83.9 Å². The Morgan fingerprint density at radius 1 is 0.656 bits per heavy atom. The second kappa shape index (κ2) is 10.3. The van der Waals surface area contributed by atoms with Crippen LogP contribution in [0.3, 0.4) is 0 Å². The molecule has 2 aliphatic rings. The van der Waals surface area contributed by atoms with E-state index in [0.29, 0.717) is 18.1 Å². The van der Waals surface area contributed by atoms with Gasteiger partial charge in [0.2, 0.25) is 0 Å². The summed E-state index contributed by atoms with van der Waals surface area (Å²) in [7, 11) is 0. The maximum Gasteiger partial charge on any atom is -1.00 e. The molecule has 0 amide bonds. The van der Waals surface area contributed by atoms with Crippen LogP contribution in [0, 0.1) is 10.8 Å². The van der Waals surface area contributed by atoms with E-state index in [9.17, 15) is 0 Å². The van der Waals surface area contributed by atoms with Gasteiger partial charge in [-0.1, -0.05) is 0 Å². The first-order valence-corrected chi connectivity index (χ1v) is 15.9. The van der Waals surface area contributed by atoms with E-state index >= 15 is 0 Å². The molecule has 4 rings (SSSR count). The van der Waals surface area contributed by atoms with Gasteiger partial charge >= 0.3 is 192 Å². The van der Waals surface area contributed by atoms with Gasteiger partial charge in [-0.3, -0.25) is 0 Å². The fraction of sp³-hybridized carbons (Fsp3) is 0.414. The van der Waals surface area contributed by atoms with Gasteiger partial charge in [-0.05, 0) is 0 Å². The zero-order valence-electron chi connectivity index (χ0n) is 20.3. The van der Waals surface area contributed by atoms with Gasteiger partial charge in [-0.25, -0.2) is 0 Å². The van der Waals surface area contributed by atoms with Crippen LogP contribution < -0.4 is 24.8 Å². The molecule has 0 aromatic heterocycles. The van der Waals surface area contributed by atoms with E-state index in [1.165, 1.54) is 11.1 Å². The molecule has 0 fully saturated rings. The normalized spacial score (nSPS) is 18.9. The molecule has 2 aromatic carbocycles. The van der Waals surface area contributed by atoms with Gasteiger partial charge in [-0.15, -0.1) is 0 Å². The van der Waals surface area contributed by atoms with E-state index in [1.807, 2.05) is 0 Å². The van der Waals surface area contributed by atoms with Gasteiger partial charge in [0.05, 0.1) is 0 Å². The maximum absolute atomic E-state index is 4.97. The minimum Gasteiger partial charge on any atom is -1.00 e. The van der Waals surface area contributed by atoms with E-state index < -0.39 is 21.3 Å². The first-order chi connectivity index (χ1) is 14.0. The maximum atomic E-state index is 4.97. The summed E-state index contributed by atoms with van der Waals surface area (Å²) in [5.41, 5.74) is 9.79. The number of halogens is 2. The number of hydrogen-bond acceptors (Lipinski definition) is 0. The van der Waals surface area contributed by atoms with E-state index in [-0.39, 0.29) is 24.8 Å². The number of allylic oxidation sites excluding steroid dienone is 4. The molecule has 32 heavy (non-hydrogen) atoms. The first kappa shape index (κ1) is 27.5. The average Bonchev–Trinajstić information content (AvgIpc) is 3.18. The molecule has 0 nitrogen and oxygen atoms in total. The van der Waals surface area contributed by atoms with Crippen molar-refractivity contribution >= 4 is 15.4 Å². The number of rotatable bonds is 4. The average molecular weight is 547 g/mol. The number of benzene rings is 2. The third kappa shape index (κ3) is 5.84. The van der Waals surface area contributed by atoms with Crippen LogP contribution in [0.15, 0.2) is 60.7 Å². The van der Waals surface area contributed by atoms with Crippen molar-refractivity contribution in [1.29, 1.82) is 0 Å². The zero-order valence-corrected chi connectivity index (χ0v) is 24.3. The Labute approximate surface area is 215 Å². The van der Waals surface area contributed by atoms with Crippen LogP contribution >= 0.6 is 0 Å². The van der Waals surface area contributed by atoms with Crippen molar-refractivity contribution in [1.82, 2.24) is 0 Å². The Bertz CT molecular complexity index is 964. The molecule has 0 N–H and O–H groups in total. The molecule has 0 bridgehead atoms. The van der Waals surface area contributed by atoms with Crippen LogP contribution in [0.4, 0.5) is 0 Å². The third-order valence-corrected chi connectivity index (χ3v) is 12.5. The van der Waals surface area contributed by atoms with Crippen molar-refractivity contribution in [3.05, 3.63) is 82.9 Å². The molecular formula is C29H36Cl2Zr. The number of hydrogen-bond donors (Lipinski definition) is 0. The summed E-state index contributed by atoms with van der Waals surface area (Å²) >= 11 is -2.10. The molecule has 0 heterocycles. The van der Waals surface area contributed by atoms with Crippen molar-refractivity contribution in [2.45, 2.75) is 61.6 Å². The van der Waals surface area contributed by atoms with Crippen LogP contribution in [0.2, 0.25) is 0 Å². The smallest absolute Gasteiger partial charge is 1.00 e. The fourth-order valence-corrected chi connectivity index (χ4v) is 11.3. The van der Waals surface area contributed by atoms with Crippen LogP contribution in [0.25, 0.3) is 11.1 Å². The van der Waals surface area contributed by atoms with Crippen molar-refractivity contribution in [2.75, 3.05) is 0 Å². The van der Waals surface area contributed by atoms with Crippen LogP contribution in [0.5, 0.6) is 0 Å². The van der Waals surface area contributed by atoms with Crippen LogP contribution in [-0.2, 0) is 21.3 Å². The quantitative estimate of drug-likeness (QED) is 0.552. The zero-order chi connectivity index (χ0) is 21.7. The standard InChI is InChI=1S/2C14H17.CH2.2ClH.Zr/c2*1-14(2,3)10-12-9-8-11-6-4-5-7-13(11)12;;;;/h2*4-9H,10H2,1-3H3;1H2;2*1H;/q;;;;;+2/p-2. The summed E-state index contributed by atoms with van der Waals surface area (Å²) in [6, 6.07) is 18.3. The summed E-state index contributed by atoms with van der Waals surface area (Å²) < 4.78 is 6.12. The van der Waals surface area contributed by atoms with Gasteiger partial charge < -0.3 is 24.8 Å². The van der Waals surface area contributed by atoms with Gasteiger partial charge in [0.25, 0.3) is 0 Å². The Hall–Kier alpha value is -0.747.